The van der Waals surface area contributed by atoms with E-state index in [0.717, 1.165) is 12.1 Å². The van der Waals surface area contributed by atoms with E-state index in [1.165, 1.54) is 36.2 Å². The second kappa shape index (κ2) is 11.3. The minimum atomic E-state index is -2.50. The Morgan fingerprint density at radius 3 is 2.09 bits per heavy atom. The third kappa shape index (κ3) is 7.06. The van der Waals surface area contributed by atoms with Crippen molar-refractivity contribution < 1.29 is 31.9 Å². The standard InChI is InChI=1S/C25H22F4N2O3/c1-31(20-9-7-16(8-10-20)14-23(28)29)24(32)22(13-17-11-18(26)15-19(27)12-17)30-25(33)34-21-5-3-2-4-6-21/h2-12,15,22-23H,13-14H2,1H3,(H,30,33)/t22-/m0/s1. The number of rotatable bonds is 8. The van der Waals surface area contributed by atoms with Crippen molar-refractivity contribution in [1.82, 2.24) is 5.32 Å². The summed E-state index contributed by atoms with van der Waals surface area (Å²) in [5.74, 6) is -2.01. The summed E-state index contributed by atoms with van der Waals surface area (Å²) in [7, 11) is 1.44. The number of alkyl halides is 2. The molecular weight excluding hydrogens is 452 g/mol. The molecule has 0 radical (unpaired) electrons. The fraction of sp³-hybridized carbons (Fsp3) is 0.200. The van der Waals surface area contributed by atoms with Crippen LogP contribution in [0.25, 0.3) is 0 Å². The summed E-state index contributed by atoms with van der Waals surface area (Å²) in [4.78, 5) is 26.9. The van der Waals surface area contributed by atoms with Crippen LogP contribution >= 0.6 is 0 Å². The van der Waals surface area contributed by atoms with Gasteiger partial charge >= 0.3 is 6.09 Å². The van der Waals surface area contributed by atoms with Crippen LogP contribution in [-0.2, 0) is 17.6 Å². The molecule has 3 rings (SSSR count). The molecule has 3 aromatic rings. The second-order valence-electron chi connectivity index (χ2n) is 7.54. The Morgan fingerprint density at radius 1 is 0.882 bits per heavy atom. The van der Waals surface area contributed by atoms with E-state index < -0.39 is 42.5 Å². The maximum Gasteiger partial charge on any atom is 0.413 e. The van der Waals surface area contributed by atoms with Crippen LogP contribution in [0, 0.1) is 11.6 Å². The molecule has 2 amide bonds. The van der Waals surface area contributed by atoms with E-state index >= 15 is 0 Å². The molecule has 1 atom stereocenters. The first-order valence-electron chi connectivity index (χ1n) is 10.3. The van der Waals surface area contributed by atoms with Gasteiger partial charge in [0.1, 0.15) is 23.4 Å². The molecule has 9 heteroatoms. The molecule has 0 saturated heterocycles. The minimum Gasteiger partial charge on any atom is -0.410 e. The van der Waals surface area contributed by atoms with Crippen molar-refractivity contribution in [1.29, 1.82) is 0 Å². The van der Waals surface area contributed by atoms with E-state index in [1.807, 2.05) is 0 Å². The van der Waals surface area contributed by atoms with Crippen molar-refractivity contribution in [3.05, 3.63) is 95.6 Å². The number of amides is 2. The van der Waals surface area contributed by atoms with E-state index in [0.29, 0.717) is 17.3 Å². The van der Waals surface area contributed by atoms with Crippen LogP contribution < -0.4 is 15.0 Å². The molecule has 0 bridgehead atoms. The van der Waals surface area contributed by atoms with Gasteiger partial charge in [-0.05, 0) is 47.5 Å². The summed E-state index contributed by atoms with van der Waals surface area (Å²) in [6, 6.07) is 15.7. The van der Waals surface area contributed by atoms with Crippen LogP contribution in [-0.4, -0.2) is 31.5 Å². The maximum absolute atomic E-state index is 13.7. The van der Waals surface area contributed by atoms with Gasteiger partial charge in [-0.25, -0.2) is 22.4 Å². The summed E-state index contributed by atoms with van der Waals surface area (Å²) in [5.41, 5.74) is 0.934. The topological polar surface area (TPSA) is 58.6 Å². The quantitative estimate of drug-likeness (QED) is 0.461. The zero-order chi connectivity index (χ0) is 24.7. The number of halogens is 4. The molecule has 0 aliphatic heterocycles. The second-order valence-corrected chi connectivity index (χ2v) is 7.54. The van der Waals surface area contributed by atoms with Crippen LogP contribution in [0.2, 0.25) is 0 Å². The highest BCUT2D eigenvalue weighted by Gasteiger charge is 2.26. The average Bonchev–Trinajstić information content (AvgIpc) is 2.78. The van der Waals surface area contributed by atoms with Gasteiger partial charge in [0.05, 0.1) is 0 Å². The molecule has 0 aromatic heterocycles. The van der Waals surface area contributed by atoms with Gasteiger partial charge in [-0.3, -0.25) is 4.79 Å². The van der Waals surface area contributed by atoms with E-state index in [1.54, 1.807) is 30.3 Å². The van der Waals surface area contributed by atoms with Crippen LogP contribution in [0.1, 0.15) is 11.1 Å². The number of anilines is 1. The summed E-state index contributed by atoms with van der Waals surface area (Å²) < 4.78 is 57.7. The van der Waals surface area contributed by atoms with Crippen molar-refractivity contribution in [3.8, 4) is 5.75 Å². The lowest BCUT2D eigenvalue weighted by Crippen LogP contribution is -2.49. The van der Waals surface area contributed by atoms with Crippen LogP contribution in [0.3, 0.4) is 0 Å². The number of nitrogens with one attached hydrogen (secondary N) is 1. The van der Waals surface area contributed by atoms with E-state index in [9.17, 15) is 27.2 Å². The molecule has 5 nitrogen and oxygen atoms in total. The normalized spacial score (nSPS) is 11.7. The SMILES string of the molecule is CN(C(=O)[C@H](Cc1cc(F)cc(F)c1)NC(=O)Oc1ccccc1)c1ccc(CC(F)F)cc1. The third-order valence-corrected chi connectivity index (χ3v) is 4.95. The summed E-state index contributed by atoms with van der Waals surface area (Å²) in [6.07, 6.45) is -4.06. The molecule has 3 aromatic carbocycles. The number of hydrogen-bond donors (Lipinski definition) is 1. The lowest BCUT2D eigenvalue weighted by molar-refractivity contribution is -0.120. The van der Waals surface area contributed by atoms with Gasteiger partial charge in [0.15, 0.2) is 0 Å². The number of ether oxygens (including phenoxy) is 1. The molecule has 1 N–H and O–H groups in total. The Kier molecular flexibility index (Phi) is 8.24. The number of para-hydroxylation sites is 1. The molecule has 178 valence electrons. The number of carbonyl (C=O) groups is 2. The van der Waals surface area contributed by atoms with Crippen LogP contribution in [0.5, 0.6) is 5.75 Å². The maximum atomic E-state index is 13.7. The smallest absolute Gasteiger partial charge is 0.410 e. The highest BCUT2D eigenvalue weighted by Crippen LogP contribution is 2.19. The van der Waals surface area contributed by atoms with E-state index in [2.05, 4.69) is 5.32 Å². The largest absolute Gasteiger partial charge is 0.413 e. The Labute approximate surface area is 194 Å². The summed E-state index contributed by atoms with van der Waals surface area (Å²) in [6.45, 7) is 0. The van der Waals surface area contributed by atoms with Crippen LogP contribution in [0.15, 0.2) is 72.8 Å². The van der Waals surface area contributed by atoms with Crippen LogP contribution in [0.4, 0.5) is 28.0 Å². The minimum absolute atomic E-state index is 0.150. The summed E-state index contributed by atoms with van der Waals surface area (Å²) in [5, 5.41) is 2.44. The number of nitrogens with zero attached hydrogens (tertiary/aromatic N) is 1. The zero-order valence-corrected chi connectivity index (χ0v) is 18.2. The molecule has 0 aliphatic rings. The lowest BCUT2D eigenvalue weighted by Gasteiger charge is -2.25. The first-order chi connectivity index (χ1) is 16.2. The lowest BCUT2D eigenvalue weighted by atomic mass is 10.0. The molecule has 0 saturated carbocycles. The molecule has 0 heterocycles. The summed E-state index contributed by atoms with van der Waals surface area (Å²) >= 11 is 0. The van der Waals surface area contributed by atoms with Crippen molar-refractivity contribution in [2.45, 2.75) is 25.3 Å². The molecule has 0 spiro atoms. The Balaban J connectivity index is 1.80. The molecule has 0 aliphatic carbocycles. The first kappa shape index (κ1) is 24.8. The predicted octanol–water partition coefficient (Wildman–Crippen LogP) is 5.14. The van der Waals surface area contributed by atoms with Crippen molar-refractivity contribution >= 4 is 17.7 Å². The zero-order valence-electron chi connectivity index (χ0n) is 18.2. The number of benzene rings is 3. The monoisotopic (exact) mass is 474 g/mol. The third-order valence-electron chi connectivity index (χ3n) is 4.95. The number of carbonyl (C=O) groups excluding carboxylic acids is 2. The number of likely N-dealkylation sites (N-methyl/N-ethyl adjacent to an activating group) is 1. The highest BCUT2D eigenvalue weighted by atomic mass is 19.3. The Bertz CT molecular complexity index is 1100. The Morgan fingerprint density at radius 2 is 1.50 bits per heavy atom. The van der Waals surface area contributed by atoms with Gasteiger partial charge in [0.2, 0.25) is 12.3 Å². The molecule has 0 unspecified atom stereocenters. The van der Waals surface area contributed by atoms with Gasteiger partial charge in [-0.15, -0.1) is 0 Å². The molecule has 0 fully saturated rings. The van der Waals surface area contributed by atoms with Gasteiger partial charge < -0.3 is 15.0 Å². The average molecular weight is 474 g/mol. The van der Waals surface area contributed by atoms with E-state index in [-0.39, 0.29) is 17.7 Å². The van der Waals surface area contributed by atoms with Crippen molar-refractivity contribution in [2.24, 2.45) is 0 Å². The fourth-order valence-electron chi connectivity index (χ4n) is 3.33. The number of hydrogen-bond acceptors (Lipinski definition) is 3. The highest BCUT2D eigenvalue weighted by molar-refractivity contribution is 5.98. The van der Waals surface area contributed by atoms with Gasteiger partial charge in [-0.2, -0.15) is 0 Å². The predicted molar refractivity (Wildman–Crippen MR) is 119 cm³/mol. The van der Waals surface area contributed by atoms with E-state index in [4.69, 9.17) is 4.74 Å². The van der Waals surface area contributed by atoms with Gasteiger partial charge in [0.25, 0.3) is 0 Å². The van der Waals surface area contributed by atoms with Crippen molar-refractivity contribution in [2.75, 3.05) is 11.9 Å². The first-order valence-corrected chi connectivity index (χ1v) is 10.3. The van der Waals surface area contributed by atoms with Crippen molar-refractivity contribution in [3.63, 3.8) is 0 Å². The molecular formula is C25H22F4N2O3. The van der Waals surface area contributed by atoms with Gasteiger partial charge in [-0.1, -0.05) is 30.3 Å². The van der Waals surface area contributed by atoms with Gasteiger partial charge in [0, 0.05) is 31.6 Å². The fourth-order valence-corrected chi connectivity index (χ4v) is 3.33. The molecule has 34 heavy (non-hydrogen) atoms. The Hall–Kier alpha value is -3.88.